The molecule has 0 spiro atoms. The maximum absolute atomic E-state index is 6.03. The van der Waals surface area contributed by atoms with E-state index in [2.05, 4.69) is 17.2 Å². The Morgan fingerprint density at radius 1 is 1.00 bits per heavy atom. The second-order valence-corrected chi connectivity index (χ2v) is 5.04. The maximum atomic E-state index is 6.03. The molecule has 0 aliphatic rings. The predicted molar refractivity (Wildman–Crippen MR) is 82.6 cm³/mol. The first-order chi connectivity index (χ1) is 9.72. The van der Waals surface area contributed by atoms with Crippen LogP contribution >= 0.6 is 11.6 Å². The largest absolute Gasteiger partial charge is 0.384 e. The zero-order valence-corrected chi connectivity index (χ0v) is 11.6. The van der Waals surface area contributed by atoms with Crippen LogP contribution in [0.15, 0.2) is 60.7 Å². The van der Waals surface area contributed by atoms with Crippen molar-refractivity contribution in [1.82, 2.24) is 9.78 Å². The van der Waals surface area contributed by atoms with Gasteiger partial charge in [0.1, 0.15) is 5.82 Å². The van der Waals surface area contributed by atoms with Crippen molar-refractivity contribution in [3.8, 4) is 11.3 Å². The summed E-state index contributed by atoms with van der Waals surface area (Å²) < 4.78 is 1.80. The molecular formula is C16H14ClN3. The molecule has 0 radical (unpaired) electrons. The molecule has 20 heavy (non-hydrogen) atoms. The number of halogens is 1. The van der Waals surface area contributed by atoms with E-state index >= 15 is 0 Å². The van der Waals surface area contributed by atoms with Crippen molar-refractivity contribution < 1.29 is 0 Å². The first-order valence-electron chi connectivity index (χ1n) is 6.35. The van der Waals surface area contributed by atoms with E-state index in [0.29, 0.717) is 17.4 Å². The highest BCUT2D eigenvalue weighted by Gasteiger charge is 2.07. The zero-order valence-electron chi connectivity index (χ0n) is 10.8. The van der Waals surface area contributed by atoms with Gasteiger partial charge in [0.05, 0.1) is 12.2 Å². The Morgan fingerprint density at radius 2 is 1.70 bits per heavy atom. The summed E-state index contributed by atoms with van der Waals surface area (Å²) in [7, 11) is 0. The zero-order chi connectivity index (χ0) is 13.9. The Morgan fingerprint density at radius 3 is 2.40 bits per heavy atom. The van der Waals surface area contributed by atoms with Crippen LogP contribution in [0.1, 0.15) is 5.56 Å². The minimum absolute atomic E-state index is 0.652. The molecule has 2 N–H and O–H groups in total. The fourth-order valence-electron chi connectivity index (χ4n) is 2.08. The summed E-state index contributed by atoms with van der Waals surface area (Å²) in [6.07, 6.45) is 0. The fourth-order valence-corrected chi connectivity index (χ4v) is 2.20. The lowest BCUT2D eigenvalue weighted by molar-refractivity contribution is 0.700. The molecule has 1 aromatic heterocycles. The lowest BCUT2D eigenvalue weighted by Crippen LogP contribution is -2.05. The Kier molecular flexibility index (Phi) is 3.44. The average molecular weight is 284 g/mol. The summed E-state index contributed by atoms with van der Waals surface area (Å²) in [5.41, 5.74) is 9.07. The number of hydrogen-bond donors (Lipinski definition) is 1. The molecule has 4 heteroatoms. The summed E-state index contributed by atoms with van der Waals surface area (Å²) in [6, 6.07) is 19.6. The molecule has 3 nitrogen and oxygen atoms in total. The van der Waals surface area contributed by atoms with Crippen LogP contribution in [0.25, 0.3) is 11.3 Å². The van der Waals surface area contributed by atoms with Crippen molar-refractivity contribution in [2.45, 2.75) is 6.54 Å². The van der Waals surface area contributed by atoms with Gasteiger partial charge in [0.25, 0.3) is 0 Å². The molecule has 0 fully saturated rings. The van der Waals surface area contributed by atoms with E-state index in [1.807, 2.05) is 48.5 Å². The standard InChI is InChI=1S/C16H14ClN3/c17-14-8-6-13(7-9-14)15-10-16(18)20(19-15)11-12-4-2-1-3-5-12/h1-10H,11,18H2. The van der Waals surface area contributed by atoms with Crippen LogP contribution < -0.4 is 5.73 Å². The highest BCUT2D eigenvalue weighted by molar-refractivity contribution is 6.30. The molecule has 1 heterocycles. The third kappa shape index (κ3) is 2.68. The minimum Gasteiger partial charge on any atom is -0.384 e. The molecule has 0 bridgehead atoms. The van der Waals surface area contributed by atoms with Gasteiger partial charge in [-0.3, -0.25) is 0 Å². The quantitative estimate of drug-likeness (QED) is 0.794. The lowest BCUT2D eigenvalue weighted by atomic mass is 10.1. The summed E-state index contributed by atoms with van der Waals surface area (Å²) in [5.74, 6) is 0.652. The van der Waals surface area contributed by atoms with Gasteiger partial charge in [-0.1, -0.05) is 54.1 Å². The van der Waals surface area contributed by atoms with Gasteiger partial charge in [-0.25, -0.2) is 4.68 Å². The number of nitrogens with two attached hydrogens (primary N) is 1. The van der Waals surface area contributed by atoms with Crippen molar-refractivity contribution in [2.24, 2.45) is 0 Å². The molecule has 0 aliphatic carbocycles. The van der Waals surface area contributed by atoms with Gasteiger partial charge < -0.3 is 5.73 Å². The molecule has 3 rings (SSSR count). The van der Waals surface area contributed by atoms with Crippen LogP contribution in [0.4, 0.5) is 5.82 Å². The van der Waals surface area contributed by atoms with Crippen LogP contribution in [-0.4, -0.2) is 9.78 Å². The second-order valence-electron chi connectivity index (χ2n) is 4.60. The smallest absolute Gasteiger partial charge is 0.122 e. The molecule has 0 saturated heterocycles. The summed E-state index contributed by atoms with van der Waals surface area (Å²) in [4.78, 5) is 0. The Balaban J connectivity index is 1.89. The molecule has 0 saturated carbocycles. The number of benzene rings is 2. The third-order valence-corrected chi connectivity index (χ3v) is 3.38. The Labute approximate surface area is 122 Å². The Hall–Kier alpha value is -2.26. The summed E-state index contributed by atoms with van der Waals surface area (Å²) in [5, 5.41) is 5.27. The van der Waals surface area contributed by atoms with Gasteiger partial charge in [0, 0.05) is 16.7 Å². The number of anilines is 1. The highest BCUT2D eigenvalue weighted by atomic mass is 35.5. The lowest BCUT2D eigenvalue weighted by Gasteiger charge is -2.03. The van der Waals surface area contributed by atoms with Crippen molar-refractivity contribution in [3.05, 3.63) is 71.2 Å². The number of rotatable bonds is 3. The van der Waals surface area contributed by atoms with E-state index in [-0.39, 0.29) is 0 Å². The molecular weight excluding hydrogens is 270 g/mol. The van der Waals surface area contributed by atoms with E-state index in [9.17, 15) is 0 Å². The summed E-state index contributed by atoms with van der Waals surface area (Å²) in [6.45, 7) is 0.667. The van der Waals surface area contributed by atoms with E-state index in [1.54, 1.807) is 4.68 Å². The first kappa shape index (κ1) is 12.8. The molecule has 0 atom stereocenters. The summed E-state index contributed by atoms with van der Waals surface area (Å²) >= 11 is 5.89. The van der Waals surface area contributed by atoms with Crippen LogP contribution in [-0.2, 0) is 6.54 Å². The van der Waals surface area contributed by atoms with Gasteiger partial charge in [-0.2, -0.15) is 5.10 Å². The Bertz CT molecular complexity index is 702. The first-order valence-corrected chi connectivity index (χ1v) is 6.73. The van der Waals surface area contributed by atoms with Gasteiger partial charge in [0.2, 0.25) is 0 Å². The van der Waals surface area contributed by atoms with Crippen LogP contribution in [0.5, 0.6) is 0 Å². The van der Waals surface area contributed by atoms with E-state index in [0.717, 1.165) is 11.3 Å². The number of aromatic nitrogens is 2. The van der Waals surface area contributed by atoms with Crippen LogP contribution in [0.2, 0.25) is 5.02 Å². The van der Waals surface area contributed by atoms with Gasteiger partial charge >= 0.3 is 0 Å². The average Bonchev–Trinajstić information content (AvgIpc) is 2.82. The van der Waals surface area contributed by atoms with Crippen molar-refractivity contribution in [2.75, 3.05) is 5.73 Å². The molecule has 0 unspecified atom stereocenters. The van der Waals surface area contributed by atoms with Crippen LogP contribution in [0, 0.1) is 0 Å². The third-order valence-electron chi connectivity index (χ3n) is 3.13. The fraction of sp³-hybridized carbons (Fsp3) is 0.0625. The van der Waals surface area contributed by atoms with E-state index in [1.165, 1.54) is 5.56 Å². The van der Waals surface area contributed by atoms with Gasteiger partial charge in [-0.05, 0) is 17.7 Å². The van der Waals surface area contributed by atoms with Crippen LogP contribution in [0.3, 0.4) is 0 Å². The van der Waals surface area contributed by atoms with Crippen molar-refractivity contribution in [1.29, 1.82) is 0 Å². The number of nitrogens with zero attached hydrogens (tertiary/aromatic N) is 2. The molecule has 0 aliphatic heterocycles. The maximum Gasteiger partial charge on any atom is 0.122 e. The molecule has 100 valence electrons. The topological polar surface area (TPSA) is 43.8 Å². The van der Waals surface area contributed by atoms with Gasteiger partial charge in [-0.15, -0.1) is 0 Å². The van der Waals surface area contributed by atoms with E-state index < -0.39 is 0 Å². The van der Waals surface area contributed by atoms with Crippen molar-refractivity contribution >= 4 is 17.4 Å². The predicted octanol–water partition coefficient (Wildman–Crippen LogP) is 3.83. The monoisotopic (exact) mass is 283 g/mol. The normalized spacial score (nSPS) is 10.7. The van der Waals surface area contributed by atoms with Gasteiger partial charge in [0.15, 0.2) is 0 Å². The molecule has 3 aromatic rings. The molecule has 2 aromatic carbocycles. The van der Waals surface area contributed by atoms with Crippen molar-refractivity contribution in [3.63, 3.8) is 0 Å². The van der Waals surface area contributed by atoms with E-state index in [4.69, 9.17) is 17.3 Å². The SMILES string of the molecule is Nc1cc(-c2ccc(Cl)cc2)nn1Cc1ccccc1. The highest BCUT2D eigenvalue weighted by Crippen LogP contribution is 2.22. The number of nitrogen functional groups attached to an aromatic ring is 1. The minimum atomic E-state index is 0.652. The number of hydrogen-bond acceptors (Lipinski definition) is 2. The molecule has 0 amide bonds. The second kappa shape index (κ2) is 5.39.